The highest BCUT2D eigenvalue weighted by molar-refractivity contribution is 6.34. The number of Topliss-reactive ketones (excluding diaryl/α,β-unsaturated/α-hetero) is 1. The maximum absolute atomic E-state index is 11.8. The van der Waals surface area contributed by atoms with Gasteiger partial charge in [-0.05, 0) is 19.1 Å². The van der Waals surface area contributed by atoms with Crippen LogP contribution in [0, 0.1) is 0 Å². The first-order chi connectivity index (χ1) is 7.43. The van der Waals surface area contributed by atoms with Gasteiger partial charge in [-0.3, -0.25) is 9.59 Å². The molecule has 5 heteroatoms. The van der Waals surface area contributed by atoms with Gasteiger partial charge in [0.15, 0.2) is 5.78 Å². The average Bonchev–Trinajstić information content (AvgIpc) is 2.19. The largest absolute Gasteiger partial charge is 0.324 e. The highest BCUT2D eigenvalue weighted by Crippen LogP contribution is 2.26. The van der Waals surface area contributed by atoms with Gasteiger partial charge >= 0.3 is 0 Å². The Labute approximate surface area is 98.8 Å². The SMILES string of the molecule is CC(=O)Nc1c(Cl)cccc1C(=O)C(C)N. The lowest BCUT2D eigenvalue weighted by atomic mass is 10.0. The van der Waals surface area contributed by atoms with E-state index in [1.54, 1.807) is 25.1 Å². The predicted molar refractivity (Wildman–Crippen MR) is 63.7 cm³/mol. The number of carbonyl (C=O) groups is 2. The minimum atomic E-state index is -0.633. The summed E-state index contributed by atoms with van der Waals surface area (Å²) in [6, 6.07) is 4.20. The number of halogens is 1. The molecule has 0 saturated heterocycles. The normalized spacial score (nSPS) is 12.0. The van der Waals surface area contributed by atoms with Crippen LogP contribution in [0.25, 0.3) is 0 Å². The second-order valence-electron chi connectivity index (χ2n) is 3.50. The molecule has 0 fully saturated rings. The molecule has 1 aromatic carbocycles. The van der Waals surface area contributed by atoms with E-state index in [4.69, 9.17) is 17.3 Å². The molecule has 0 radical (unpaired) electrons. The number of para-hydroxylation sites is 1. The zero-order chi connectivity index (χ0) is 12.3. The Morgan fingerprint density at radius 3 is 2.56 bits per heavy atom. The Morgan fingerprint density at radius 2 is 2.06 bits per heavy atom. The molecule has 0 heterocycles. The molecule has 0 aliphatic carbocycles. The summed E-state index contributed by atoms with van der Waals surface area (Å²) in [5.41, 5.74) is 6.16. The van der Waals surface area contributed by atoms with E-state index in [0.29, 0.717) is 16.3 Å². The molecule has 16 heavy (non-hydrogen) atoms. The van der Waals surface area contributed by atoms with Crippen LogP contribution in [0.1, 0.15) is 24.2 Å². The van der Waals surface area contributed by atoms with E-state index in [2.05, 4.69) is 5.32 Å². The molecule has 0 aromatic heterocycles. The molecule has 0 spiro atoms. The number of anilines is 1. The van der Waals surface area contributed by atoms with Crippen molar-refractivity contribution in [2.75, 3.05) is 5.32 Å². The highest BCUT2D eigenvalue weighted by atomic mass is 35.5. The van der Waals surface area contributed by atoms with E-state index < -0.39 is 6.04 Å². The van der Waals surface area contributed by atoms with Gasteiger partial charge in [0.05, 0.1) is 16.8 Å². The van der Waals surface area contributed by atoms with E-state index >= 15 is 0 Å². The van der Waals surface area contributed by atoms with Gasteiger partial charge < -0.3 is 11.1 Å². The van der Waals surface area contributed by atoms with Crippen molar-refractivity contribution in [2.45, 2.75) is 19.9 Å². The summed E-state index contributed by atoms with van der Waals surface area (Å²) in [4.78, 5) is 22.8. The smallest absolute Gasteiger partial charge is 0.221 e. The fraction of sp³-hybridized carbons (Fsp3) is 0.273. The first-order valence-electron chi connectivity index (χ1n) is 4.79. The molecule has 1 rings (SSSR count). The van der Waals surface area contributed by atoms with Gasteiger partial charge in [0.2, 0.25) is 5.91 Å². The second kappa shape index (κ2) is 5.09. The number of nitrogens with one attached hydrogen (secondary N) is 1. The van der Waals surface area contributed by atoms with Crippen molar-refractivity contribution < 1.29 is 9.59 Å². The lowest BCUT2D eigenvalue weighted by molar-refractivity contribution is -0.114. The lowest BCUT2D eigenvalue weighted by Crippen LogP contribution is -2.27. The van der Waals surface area contributed by atoms with Crippen molar-refractivity contribution in [3.8, 4) is 0 Å². The van der Waals surface area contributed by atoms with Crippen molar-refractivity contribution >= 4 is 29.0 Å². The highest BCUT2D eigenvalue weighted by Gasteiger charge is 2.17. The first-order valence-corrected chi connectivity index (χ1v) is 5.17. The lowest BCUT2D eigenvalue weighted by Gasteiger charge is -2.12. The van der Waals surface area contributed by atoms with Crippen LogP contribution >= 0.6 is 11.6 Å². The zero-order valence-electron chi connectivity index (χ0n) is 9.08. The Bertz CT molecular complexity index is 430. The van der Waals surface area contributed by atoms with Crippen LogP contribution < -0.4 is 11.1 Å². The Hall–Kier alpha value is -1.39. The summed E-state index contributed by atoms with van der Waals surface area (Å²) in [7, 11) is 0. The van der Waals surface area contributed by atoms with Crippen molar-refractivity contribution in [3.63, 3.8) is 0 Å². The van der Waals surface area contributed by atoms with Crippen LogP contribution in [0.4, 0.5) is 5.69 Å². The Balaban J connectivity index is 3.22. The topological polar surface area (TPSA) is 72.2 Å². The third kappa shape index (κ3) is 2.81. The van der Waals surface area contributed by atoms with E-state index in [9.17, 15) is 9.59 Å². The van der Waals surface area contributed by atoms with Gasteiger partial charge in [-0.1, -0.05) is 17.7 Å². The molecule has 3 N–H and O–H groups in total. The number of benzene rings is 1. The molecular weight excluding hydrogens is 228 g/mol. The van der Waals surface area contributed by atoms with Crippen LogP contribution in [-0.2, 0) is 4.79 Å². The molecule has 1 unspecified atom stereocenters. The molecule has 0 aliphatic heterocycles. The van der Waals surface area contributed by atoms with Gasteiger partial charge in [-0.15, -0.1) is 0 Å². The quantitative estimate of drug-likeness (QED) is 0.792. The summed E-state index contributed by atoms with van der Waals surface area (Å²) in [6.07, 6.45) is 0. The molecule has 1 atom stereocenters. The molecule has 1 amide bonds. The number of hydrogen-bond acceptors (Lipinski definition) is 3. The fourth-order valence-corrected chi connectivity index (χ4v) is 1.50. The number of hydrogen-bond donors (Lipinski definition) is 2. The zero-order valence-corrected chi connectivity index (χ0v) is 9.84. The van der Waals surface area contributed by atoms with Crippen LogP contribution in [0.5, 0.6) is 0 Å². The third-order valence-electron chi connectivity index (χ3n) is 1.99. The summed E-state index contributed by atoms with van der Waals surface area (Å²) in [5, 5.41) is 2.85. The number of nitrogens with two attached hydrogens (primary N) is 1. The Morgan fingerprint density at radius 1 is 1.44 bits per heavy atom. The predicted octanol–water partition coefficient (Wildman–Crippen LogP) is 1.83. The van der Waals surface area contributed by atoms with Gasteiger partial charge in [0.25, 0.3) is 0 Å². The third-order valence-corrected chi connectivity index (χ3v) is 2.31. The van der Waals surface area contributed by atoms with E-state index in [0.717, 1.165) is 0 Å². The maximum Gasteiger partial charge on any atom is 0.221 e. The van der Waals surface area contributed by atoms with Gasteiger partial charge in [0.1, 0.15) is 0 Å². The van der Waals surface area contributed by atoms with Crippen LogP contribution in [0.2, 0.25) is 5.02 Å². The van der Waals surface area contributed by atoms with E-state index in [1.165, 1.54) is 6.92 Å². The van der Waals surface area contributed by atoms with Crippen LogP contribution in [-0.4, -0.2) is 17.7 Å². The second-order valence-corrected chi connectivity index (χ2v) is 3.90. The van der Waals surface area contributed by atoms with Gasteiger partial charge in [-0.25, -0.2) is 0 Å². The first kappa shape index (κ1) is 12.7. The molecular formula is C11H13ClN2O2. The van der Waals surface area contributed by atoms with Crippen molar-refractivity contribution in [1.82, 2.24) is 0 Å². The molecule has 0 aliphatic rings. The maximum atomic E-state index is 11.8. The molecule has 86 valence electrons. The monoisotopic (exact) mass is 240 g/mol. The van der Waals surface area contributed by atoms with Crippen LogP contribution in [0.15, 0.2) is 18.2 Å². The summed E-state index contributed by atoms with van der Waals surface area (Å²) in [6.45, 7) is 2.93. The number of rotatable bonds is 3. The van der Waals surface area contributed by atoms with Crippen LogP contribution in [0.3, 0.4) is 0 Å². The summed E-state index contributed by atoms with van der Waals surface area (Å²) in [5.74, 6) is -0.543. The molecule has 0 bridgehead atoms. The molecule has 1 aromatic rings. The van der Waals surface area contributed by atoms with E-state index in [-0.39, 0.29) is 11.7 Å². The van der Waals surface area contributed by atoms with E-state index in [1.807, 2.05) is 0 Å². The van der Waals surface area contributed by atoms with Gasteiger partial charge in [0, 0.05) is 12.5 Å². The Kier molecular flexibility index (Phi) is 4.04. The molecule has 0 saturated carbocycles. The van der Waals surface area contributed by atoms with Crippen molar-refractivity contribution in [3.05, 3.63) is 28.8 Å². The number of amides is 1. The molecule has 4 nitrogen and oxygen atoms in total. The minimum Gasteiger partial charge on any atom is -0.324 e. The number of ketones is 1. The van der Waals surface area contributed by atoms with Gasteiger partial charge in [-0.2, -0.15) is 0 Å². The summed E-state index contributed by atoms with van der Waals surface area (Å²) < 4.78 is 0. The minimum absolute atomic E-state index is 0.258. The fourth-order valence-electron chi connectivity index (χ4n) is 1.28. The standard InChI is InChI=1S/C11H13ClN2O2/c1-6(13)11(16)8-4-3-5-9(12)10(8)14-7(2)15/h3-6H,13H2,1-2H3,(H,14,15). The van der Waals surface area contributed by atoms with Crippen molar-refractivity contribution in [2.24, 2.45) is 5.73 Å². The summed E-state index contributed by atoms with van der Waals surface area (Å²) >= 11 is 5.91. The number of carbonyl (C=O) groups excluding carboxylic acids is 2. The van der Waals surface area contributed by atoms with Crippen molar-refractivity contribution in [1.29, 1.82) is 0 Å². The average molecular weight is 241 g/mol.